The highest BCUT2D eigenvalue weighted by Gasteiger charge is 2.39. The Balaban J connectivity index is 2.35. The molecule has 1 fully saturated rings. The van der Waals surface area contributed by atoms with Crippen molar-refractivity contribution in [3.8, 4) is 0 Å². The highest BCUT2D eigenvalue weighted by atomic mass is 19.4. The molecule has 1 aromatic carbocycles. The number of nitrogens with zero attached hydrogens (tertiary/aromatic N) is 1. The molecule has 0 amide bonds. The average Bonchev–Trinajstić information content (AvgIpc) is 2.38. The standard InChI is InChI=1S/C15H15F6N/c1-8-3-4-11(9(2)22(8)7-15(19,20)21)12-5-10(16)6-13(17)14(12)18/h5-6,9,11H,1,3-4,7H2,2H3/t9-,11-/m1/s1. The molecule has 22 heavy (non-hydrogen) atoms. The molecule has 1 aliphatic heterocycles. The molecule has 1 aliphatic rings. The van der Waals surface area contributed by atoms with Crippen molar-refractivity contribution < 1.29 is 26.3 Å². The van der Waals surface area contributed by atoms with Crippen LogP contribution in [0.15, 0.2) is 24.4 Å². The van der Waals surface area contributed by atoms with E-state index in [-0.39, 0.29) is 18.4 Å². The highest BCUT2D eigenvalue weighted by Crippen LogP contribution is 2.39. The lowest BCUT2D eigenvalue weighted by atomic mass is 9.83. The highest BCUT2D eigenvalue weighted by molar-refractivity contribution is 5.27. The van der Waals surface area contributed by atoms with E-state index in [4.69, 9.17) is 0 Å². The third-order valence-electron chi connectivity index (χ3n) is 3.99. The normalized spacial score (nSPS) is 23.0. The van der Waals surface area contributed by atoms with E-state index in [2.05, 4.69) is 6.58 Å². The Morgan fingerprint density at radius 1 is 1.23 bits per heavy atom. The number of likely N-dealkylation sites (tertiary alicyclic amines) is 1. The summed E-state index contributed by atoms with van der Waals surface area (Å²) in [4.78, 5) is 1.02. The van der Waals surface area contributed by atoms with Gasteiger partial charge in [-0.25, -0.2) is 13.2 Å². The first kappa shape index (κ1) is 16.7. The van der Waals surface area contributed by atoms with Gasteiger partial charge >= 0.3 is 6.18 Å². The van der Waals surface area contributed by atoms with E-state index in [0.29, 0.717) is 11.8 Å². The second kappa shape index (κ2) is 5.85. The van der Waals surface area contributed by atoms with Crippen molar-refractivity contribution in [2.24, 2.45) is 0 Å². The zero-order valence-corrected chi connectivity index (χ0v) is 11.9. The Morgan fingerprint density at radius 3 is 2.45 bits per heavy atom. The molecule has 0 unspecified atom stereocenters. The van der Waals surface area contributed by atoms with Gasteiger partial charge in [-0.15, -0.1) is 0 Å². The molecule has 0 saturated carbocycles. The minimum atomic E-state index is -4.44. The van der Waals surface area contributed by atoms with Crippen LogP contribution in [0.2, 0.25) is 0 Å². The summed E-state index contributed by atoms with van der Waals surface area (Å²) in [5, 5.41) is 0. The lowest BCUT2D eigenvalue weighted by Gasteiger charge is -2.42. The SMILES string of the molecule is C=C1CC[C@@H](c2cc(F)cc(F)c2F)[C@@H](C)N1CC(F)(F)F. The first-order valence-corrected chi connectivity index (χ1v) is 6.75. The van der Waals surface area contributed by atoms with Crippen LogP contribution in [0.5, 0.6) is 0 Å². The molecule has 0 spiro atoms. The summed E-state index contributed by atoms with van der Waals surface area (Å²) >= 11 is 0. The van der Waals surface area contributed by atoms with Crippen LogP contribution in [-0.4, -0.2) is 23.7 Å². The fourth-order valence-corrected chi connectivity index (χ4v) is 2.92. The van der Waals surface area contributed by atoms with Gasteiger partial charge in [-0.05, 0) is 31.4 Å². The summed E-state index contributed by atoms with van der Waals surface area (Å²) in [7, 11) is 0. The van der Waals surface area contributed by atoms with Crippen LogP contribution in [0.4, 0.5) is 26.3 Å². The summed E-state index contributed by atoms with van der Waals surface area (Å²) in [5.41, 5.74) is 0.0584. The molecule has 0 aromatic heterocycles. The molecule has 1 heterocycles. The summed E-state index contributed by atoms with van der Waals surface area (Å²) in [5.74, 6) is -4.24. The van der Waals surface area contributed by atoms with Gasteiger partial charge in [0.1, 0.15) is 12.4 Å². The van der Waals surface area contributed by atoms with E-state index in [1.807, 2.05) is 0 Å². The third-order valence-corrected chi connectivity index (χ3v) is 3.99. The van der Waals surface area contributed by atoms with Crippen LogP contribution >= 0.6 is 0 Å². The zero-order chi connectivity index (χ0) is 16.7. The molecule has 0 bridgehead atoms. The minimum Gasteiger partial charge on any atom is -0.363 e. The molecule has 1 nitrogen and oxygen atoms in total. The van der Waals surface area contributed by atoms with Crippen molar-refractivity contribution >= 4 is 0 Å². The molecule has 0 aliphatic carbocycles. The quantitative estimate of drug-likeness (QED) is 0.561. The van der Waals surface area contributed by atoms with Crippen molar-refractivity contribution in [1.82, 2.24) is 4.90 Å². The van der Waals surface area contributed by atoms with Gasteiger partial charge in [-0.2, -0.15) is 13.2 Å². The van der Waals surface area contributed by atoms with E-state index in [0.717, 1.165) is 11.0 Å². The topological polar surface area (TPSA) is 3.24 Å². The van der Waals surface area contributed by atoms with E-state index < -0.39 is 42.1 Å². The second-order valence-electron chi connectivity index (χ2n) is 5.49. The van der Waals surface area contributed by atoms with Gasteiger partial charge in [0.25, 0.3) is 0 Å². The van der Waals surface area contributed by atoms with Crippen molar-refractivity contribution in [3.63, 3.8) is 0 Å². The summed E-state index contributed by atoms with van der Waals surface area (Å²) in [6.45, 7) is 3.86. The summed E-state index contributed by atoms with van der Waals surface area (Å²) in [6.07, 6.45) is -3.94. The smallest absolute Gasteiger partial charge is 0.363 e. The maximum Gasteiger partial charge on any atom is 0.405 e. The van der Waals surface area contributed by atoms with Gasteiger partial charge in [-0.3, -0.25) is 0 Å². The molecule has 0 N–H and O–H groups in total. The number of benzene rings is 1. The molecule has 2 atom stereocenters. The predicted molar refractivity (Wildman–Crippen MR) is 69.7 cm³/mol. The maximum absolute atomic E-state index is 13.9. The lowest BCUT2D eigenvalue weighted by molar-refractivity contribution is -0.148. The van der Waals surface area contributed by atoms with E-state index in [1.54, 1.807) is 0 Å². The van der Waals surface area contributed by atoms with Gasteiger partial charge < -0.3 is 4.90 Å². The average molecular weight is 323 g/mol. The van der Waals surface area contributed by atoms with Crippen LogP contribution < -0.4 is 0 Å². The Bertz CT molecular complexity index is 580. The van der Waals surface area contributed by atoms with Gasteiger partial charge in [0.15, 0.2) is 11.6 Å². The fraction of sp³-hybridized carbons (Fsp3) is 0.467. The lowest BCUT2D eigenvalue weighted by Crippen LogP contribution is -2.45. The number of halogens is 6. The fourth-order valence-electron chi connectivity index (χ4n) is 2.92. The van der Waals surface area contributed by atoms with Crippen LogP contribution in [0.3, 0.4) is 0 Å². The largest absolute Gasteiger partial charge is 0.405 e. The van der Waals surface area contributed by atoms with Gasteiger partial charge in [0.2, 0.25) is 0 Å². The van der Waals surface area contributed by atoms with Gasteiger partial charge in [-0.1, -0.05) is 6.58 Å². The van der Waals surface area contributed by atoms with Crippen LogP contribution in [-0.2, 0) is 0 Å². The summed E-state index contributed by atoms with van der Waals surface area (Å²) in [6, 6.07) is 0.497. The van der Waals surface area contributed by atoms with E-state index in [1.165, 1.54) is 6.92 Å². The second-order valence-corrected chi connectivity index (χ2v) is 5.49. The van der Waals surface area contributed by atoms with Crippen molar-refractivity contribution in [3.05, 3.63) is 47.4 Å². The zero-order valence-electron chi connectivity index (χ0n) is 11.9. The van der Waals surface area contributed by atoms with Crippen molar-refractivity contribution in [2.75, 3.05) is 6.54 Å². The monoisotopic (exact) mass is 323 g/mol. The summed E-state index contributed by atoms with van der Waals surface area (Å²) < 4.78 is 78.5. The van der Waals surface area contributed by atoms with E-state index in [9.17, 15) is 26.3 Å². The molecule has 122 valence electrons. The van der Waals surface area contributed by atoms with Gasteiger partial charge in [0.05, 0.1) is 0 Å². The van der Waals surface area contributed by atoms with Gasteiger partial charge in [0, 0.05) is 23.7 Å². The van der Waals surface area contributed by atoms with Crippen molar-refractivity contribution in [2.45, 2.75) is 37.9 Å². The Hall–Kier alpha value is -1.66. The maximum atomic E-state index is 13.9. The molecule has 0 radical (unpaired) electrons. The van der Waals surface area contributed by atoms with E-state index >= 15 is 0 Å². The number of allylic oxidation sites excluding steroid dienone is 1. The molecular weight excluding hydrogens is 308 g/mol. The first-order chi connectivity index (χ1) is 10.1. The number of alkyl halides is 3. The number of piperidine rings is 1. The minimum absolute atomic E-state index is 0.211. The molecule has 7 heteroatoms. The number of rotatable bonds is 2. The third kappa shape index (κ3) is 3.39. The predicted octanol–water partition coefficient (Wildman–Crippen LogP) is 4.75. The molecule has 1 saturated heterocycles. The molecule has 2 rings (SSSR count). The Morgan fingerprint density at radius 2 is 1.86 bits per heavy atom. The first-order valence-electron chi connectivity index (χ1n) is 6.75. The molecular formula is C15H15F6N. The number of hydrogen-bond donors (Lipinski definition) is 0. The molecule has 1 aromatic rings. The van der Waals surface area contributed by atoms with Crippen LogP contribution in [0, 0.1) is 17.5 Å². The van der Waals surface area contributed by atoms with Crippen molar-refractivity contribution in [1.29, 1.82) is 0 Å². The Labute approximate surface area is 124 Å². The van der Waals surface area contributed by atoms with Crippen LogP contribution in [0.1, 0.15) is 31.2 Å². The van der Waals surface area contributed by atoms with Crippen LogP contribution in [0.25, 0.3) is 0 Å². The number of hydrogen-bond acceptors (Lipinski definition) is 1. The Kier molecular flexibility index (Phi) is 4.44.